The second kappa shape index (κ2) is 12.3. The highest BCUT2D eigenvalue weighted by Crippen LogP contribution is 2.18. The van der Waals surface area contributed by atoms with Crippen molar-refractivity contribution in [3.63, 3.8) is 0 Å². The maximum absolute atomic E-state index is 12.4. The first-order chi connectivity index (χ1) is 16.0. The van der Waals surface area contributed by atoms with Crippen LogP contribution in [0.5, 0.6) is 5.75 Å². The van der Waals surface area contributed by atoms with Gasteiger partial charge in [-0.05, 0) is 41.8 Å². The van der Waals surface area contributed by atoms with Crippen molar-refractivity contribution in [1.82, 2.24) is 4.90 Å². The van der Waals surface area contributed by atoms with E-state index in [1.807, 2.05) is 66.7 Å². The lowest BCUT2D eigenvalue weighted by Gasteiger charge is -2.12. The van der Waals surface area contributed by atoms with Crippen molar-refractivity contribution >= 4 is 23.2 Å². The van der Waals surface area contributed by atoms with Crippen LogP contribution >= 0.6 is 0 Å². The number of nitrogens with one attached hydrogen (secondary N) is 2. The second-order valence-corrected chi connectivity index (χ2v) is 8.00. The zero-order valence-electron chi connectivity index (χ0n) is 19.2. The van der Waals surface area contributed by atoms with Gasteiger partial charge >= 0.3 is 0 Å². The molecule has 6 nitrogen and oxygen atoms in total. The molecular weight excluding hydrogens is 414 g/mol. The van der Waals surface area contributed by atoms with Gasteiger partial charge in [0.2, 0.25) is 11.8 Å². The Labute approximate surface area is 195 Å². The van der Waals surface area contributed by atoms with Crippen LogP contribution in [-0.2, 0) is 22.4 Å². The first-order valence-electron chi connectivity index (χ1n) is 11.1. The Morgan fingerprint density at radius 3 is 2.33 bits per heavy atom. The maximum atomic E-state index is 12.4. The van der Waals surface area contributed by atoms with Crippen LogP contribution in [0.2, 0.25) is 0 Å². The molecule has 2 N–H and O–H groups in total. The molecule has 3 aromatic rings. The molecule has 33 heavy (non-hydrogen) atoms. The third kappa shape index (κ3) is 8.33. The highest BCUT2D eigenvalue weighted by Gasteiger charge is 2.07. The number of benzene rings is 3. The molecule has 0 aliphatic carbocycles. The number of carbonyl (C=O) groups is 2. The van der Waals surface area contributed by atoms with Gasteiger partial charge in [-0.25, -0.2) is 0 Å². The van der Waals surface area contributed by atoms with Crippen LogP contribution in [-0.4, -0.2) is 44.0 Å². The molecule has 0 saturated heterocycles. The highest BCUT2D eigenvalue weighted by molar-refractivity contribution is 5.93. The molecular formula is C27H31N3O3. The van der Waals surface area contributed by atoms with Crippen molar-refractivity contribution in [2.45, 2.75) is 19.3 Å². The molecule has 0 aromatic heterocycles. The summed E-state index contributed by atoms with van der Waals surface area (Å²) < 4.78 is 5.84. The minimum atomic E-state index is -0.148. The van der Waals surface area contributed by atoms with Crippen LogP contribution in [0.3, 0.4) is 0 Å². The second-order valence-electron chi connectivity index (χ2n) is 8.00. The number of anilines is 2. The number of aryl methyl sites for hydroxylation is 1. The summed E-state index contributed by atoms with van der Waals surface area (Å²) in [5.74, 6) is 0.667. The van der Waals surface area contributed by atoms with Gasteiger partial charge in [0.1, 0.15) is 5.75 Å². The van der Waals surface area contributed by atoms with Crippen molar-refractivity contribution in [2.75, 3.05) is 37.9 Å². The van der Waals surface area contributed by atoms with E-state index >= 15 is 0 Å². The monoisotopic (exact) mass is 445 g/mol. The number of amides is 2. The average molecular weight is 446 g/mol. The van der Waals surface area contributed by atoms with Crippen LogP contribution in [0.25, 0.3) is 0 Å². The van der Waals surface area contributed by atoms with E-state index in [4.69, 9.17) is 4.74 Å². The lowest BCUT2D eigenvalue weighted by atomic mass is 10.1. The van der Waals surface area contributed by atoms with Crippen molar-refractivity contribution in [3.8, 4) is 5.75 Å². The van der Waals surface area contributed by atoms with Gasteiger partial charge in [0.05, 0.1) is 13.2 Å². The Balaban J connectivity index is 1.44. The van der Waals surface area contributed by atoms with Gasteiger partial charge in [0.25, 0.3) is 0 Å². The normalized spacial score (nSPS) is 10.4. The molecule has 0 fully saturated rings. The molecule has 0 unspecified atom stereocenters. The Morgan fingerprint density at radius 1 is 0.818 bits per heavy atom. The minimum absolute atomic E-state index is 0.0963. The minimum Gasteiger partial charge on any atom is -0.493 e. The molecule has 3 rings (SSSR count). The Kier molecular flexibility index (Phi) is 8.88. The first-order valence-corrected chi connectivity index (χ1v) is 11.1. The van der Waals surface area contributed by atoms with E-state index in [0.717, 1.165) is 23.4 Å². The standard InChI is InChI=1S/C27H31N3O3/c1-30(2)27(32)15-14-22-10-6-11-23(18-22)28-20-26(31)29-24-12-7-13-25(19-24)33-17-16-21-8-4-3-5-9-21/h3-13,18-19,28H,14-17,20H2,1-2H3,(H,29,31). The fourth-order valence-corrected chi connectivity index (χ4v) is 3.29. The summed E-state index contributed by atoms with van der Waals surface area (Å²) in [6.45, 7) is 0.707. The number of ether oxygens (including phenoxy) is 1. The quantitative estimate of drug-likeness (QED) is 0.460. The number of rotatable bonds is 11. The Morgan fingerprint density at radius 2 is 1.55 bits per heavy atom. The molecule has 0 radical (unpaired) electrons. The Hall–Kier alpha value is -3.80. The lowest BCUT2D eigenvalue weighted by molar-refractivity contribution is -0.128. The van der Waals surface area contributed by atoms with Gasteiger partial charge in [0, 0.05) is 44.4 Å². The van der Waals surface area contributed by atoms with Crippen molar-refractivity contribution in [1.29, 1.82) is 0 Å². The molecule has 0 saturated carbocycles. The summed E-state index contributed by atoms with van der Waals surface area (Å²) in [5, 5.41) is 6.04. The zero-order chi connectivity index (χ0) is 23.5. The predicted octanol–water partition coefficient (Wildman–Crippen LogP) is 4.38. The molecule has 0 aliphatic rings. The third-order valence-electron chi connectivity index (χ3n) is 5.13. The molecule has 0 spiro atoms. The summed E-state index contributed by atoms with van der Waals surface area (Å²) in [6.07, 6.45) is 1.94. The number of hydrogen-bond acceptors (Lipinski definition) is 4. The highest BCUT2D eigenvalue weighted by atomic mass is 16.5. The van der Waals surface area contributed by atoms with Crippen LogP contribution in [0.1, 0.15) is 17.5 Å². The largest absolute Gasteiger partial charge is 0.493 e. The van der Waals surface area contributed by atoms with Gasteiger partial charge in [0.15, 0.2) is 0 Å². The summed E-state index contributed by atoms with van der Waals surface area (Å²) >= 11 is 0. The molecule has 0 atom stereocenters. The van der Waals surface area contributed by atoms with Gasteiger partial charge in [-0.15, -0.1) is 0 Å². The summed E-state index contributed by atoms with van der Waals surface area (Å²) in [6, 6.07) is 25.4. The van der Waals surface area contributed by atoms with Crippen molar-refractivity contribution < 1.29 is 14.3 Å². The Bertz CT molecular complexity index is 1050. The molecule has 0 heterocycles. The van der Waals surface area contributed by atoms with E-state index in [0.29, 0.717) is 25.1 Å². The fourth-order valence-electron chi connectivity index (χ4n) is 3.29. The number of carbonyl (C=O) groups excluding carboxylic acids is 2. The molecule has 3 aromatic carbocycles. The average Bonchev–Trinajstić information content (AvgIpc) is 2.82. The van der Waals surface area contributed by atoms with E-state index in [1.165, 1.54) is 5.56 Å². The molecule has 0 aliphatic heterocycles. The van der Waals surface area contributed by atoms with Crippen molar-refractivity contribution in [3.05, 3.63) is 90.0 Å². The van der Waals surface area contributed by atoms with E-state index in [-0.39, 0.29) is 18.4 Å². The van der Waals surface area contributed by atoms with Gasteiger partial charge < -0.3 is 20.3 Å². The van der Waals surface area contributed by atoms with E-state index in [9.17, 15) is 9.59 Å². The maximum Gasteiger partial charge on any atom is 0.243 e. The zero-order valence-corrected chi connectivity index (χ0v) is 19.2. The van der Waals surface area contributed by atoms with E-state index in [2.05, 4.69) is 22.8 Å². The fraction of sp³-hybridized carbons (Fsp3) is 0.259. The van der Waals surface area contributed by atoms with Crippen LogP contribution in [0.15, 0.2) is 78.9 Å². The van der Waals surface area contributed by atoms with Gasteiger partial charge in [-0.2, -0.15) is 0 Å². The van der Waals surface area contributed by atoms with Gasteiger partial charge in [-0.3, -0.25) is 9.59 Å². The predicted molar refractivity (Wildman–Crippen MR) is 133 cm³/mol. The van der Waals surface area contributed by atoms with E-state index < -0.39 is 0 Å². The SMILES string of the molecule is CN(C)C(=O)CCc1cccc(NCC(=O)Nc2cccc(OCCc3ccccc3)c2)c1. The van der Waals surface area contributed by atoms with Crippen LogP contribution in [0, 0.1) is 0 Å². The molecule has 6 heteroatoms. The van der Waals surface area contributed by atoms with Gasteiger partial charge in [-0.1, -0.05) is 48.5 Å². The topological polar surface area (TPSA) is 70.7 Å². The third-order valence-corrected chi connectivity index (χ3v) is 5.13. The van der Waals surface area contributed by atoms with Crippen LogP contribution < -0.4 is 15.4 Å². The van der Waals surface area contributed by atoms with Crippen LogP contribution in [0.4, 0.5) is 11.4 Å². The molecule has 172 valence electrons. The van der Waals surface area contributed by atoms with Crippen molar-refractivity contribution in [2.24, 2.45) is 0 Å². The summed E-state index contributed by atoms with van der Waals surface area (Å²) in [5.41, 5.74) is 3.81. The lowest BCUT2D eigenvalue weighted by Crippen LogP contribution is -2.22. The first kappa shape index (κ1) is 23.9. The van der Waals surface area contributed by atoms with E-state index in [1.54, 1.807) is 19.0 Å². The summed E-state index contributed by atoms with van der Waals surface area (Å²) in [7, 11) is 3.51. The summed E-state index contributed by atoms with van der Waals surface area (Å²) in [4.78, 5) is 25.8. The molecule has 0 bridgehead atoms. The molecule has 2 amide bonds. The number of hydrogen-bond donors (Lipinski definition) is 2. The smallest absolute Gasteiger partial charge is 0.243 e. The number of nitrogens with zero attached hydrogens (tertiary/aromatic N) is 1.